The third kappa shape index (κ3) is 3.13. The van der Waals surface area contributed by atoms with Gasteiger partial charge < -0.3 is 19.8 Å². The van der Waals surface area contributed by atoms with E-state index in [1.54, 1.807) is 28.6 Å². The third-order valence-electron chi connectivity index (χ3n) is 5.37. The number of hydrogen-bond acceptors (Lipinski definition) is 4. The van der Waals surface area contributed by atoms with Gasteiger partial charge in [-0.2, -0.15) is 5.10 Å². The van der Waals surface area contributed by atoms with Crippen molar-refractivity contribution in [2.75, 3.05) is 40.3 Å². The van der Waals surface area contributed by atoms with E-state index >= 15 is 0 Å². The van der Waals surface area contributed by atoms with Crippen LogP contribution in [-0.4, -0.2) is 87.8 Å². The van der Waals surface area contributed by atoms with Crippen LogP contribution >= 0.6 is 0 Å². The highest BCUT2D eigenvalue weighted by atomic mass is 16.4. The minimum Gasteiger partial charge on any atom is -0.481 e. The number of carbonyl (C=O) groups excluding carboxylic acids is 2. The fraction of sp³-hybridized carbons (Fsp3) is 0.647. The highest BCUT2D eigenvalue weighted by molar-refractivity contribution is 5.83. The molecule has 0 aliphatic carbocycles. The van der Waals surface area contributed by atoms with E-state index in [4.69, 9.17) is 0 Å². The Bertz CT molecular complexity index is 730. The van der Waals surface area contributed by atoms with Crippen LogP contribution in [0.15, 0.2) is 12.3 Å². The number of nitrogens with zero attached hydrogens (tertiary/aromatic N) is 5. The second kappa shape index (κ2) is 6.62. The Kier molecular flexibility index (Phi) is 4.64. The number of carbonyl (C=O) groups is 3. The van der Waals surface area contributed by atoms with Gasteiger partial charge >= 0.3 is 12.0 Å². The van der Waals surface area contributed by atoms with Gasteiger partial charge in [0, 0.05) is 65.4 Å². The lowest BCUT2D eigenvalue weighted by atomic mass is 9.81. The van der Waals surface area contributed by atoms with Crippen LogP contribution in [0.25, 0.3) is 0 Å². The van der Waals surface area contributed by atoms with Crippen molar-refractivity contribution >= 4 is 17.9 Å². The Labute approximate surface area is 152 Å². The smallest absolute Gasteiger partial charge is 0.319 e. The lowest BCUT2D eigenvalue weighted by molar-refractivity contribution is -0.149. The molecule has 2 fully saturated rings. The first-order valence-electron chi connectivity index (χ1n) is 8.70. The van der Waals surface area contributed by atoms with Crippen molar-refractivity contribution < 1.29 is 19.5 Å². The molecule has 2 saturated heterocycles. The van der Waals surface area contributed by atoms with Crippen molar-refractivity contribution in [3.8, 4) is 0 Å². The molecule has 3 amide bonds. The van der Waals surface area contributed by atoms with Crippen LogP contribution in [0.2, 0.25) is 0 Å². The Morgan fingerprint density at radius 2 is 1.92 bits per heavy atom. The van der Waals surface area contributed by atoms with Crippen molar-refractivity contribution in [1.29, 1.82) is 0 Å². The predicted molar refractivity (Wildman–Crippen MR) is 92.4 cm³/mol. The summed E-state index contributed by atoms with van der Waals surface area (Å²) >= 11 is 0. The van der Waals surface area contributed by atoms with Gasteiger partial charge in [-0.15, -0.1) is 0 Å². The van der Waals surface area contributed by atoms with Crippen molar-refractivity contribution in [2.45, 2.75) is 19.9 Å². The summed E-state index contributed by atoms with van der Waals surface area (Å²) in [6.07, 6.45) is 2.11. The number of rotatable bonds is 4. The first-order chi connectivity index (χ1) is 12.2. The zero-order valence-corrected chi connectivity index (χ0v) is 15.4. The van der Waals surface area contributed by atoms with E-state index < -0.39 is 11.4 Å². The summed E-state index contributed by atoms with van der Waals surface area (Å²) in [5.41, 5.74) is -0.174. The van der Waals surface area contributed by atoms with E-state index in [1.165, 1.54) is 4.90 Å². The number of carboxylic acid groups (broad SMARTS) is 1. The molecule has 0 bridgehead atoms. The topological polar surface area (TPSA) is 99.0 Å². The van der Waals surface area contributed by atoms with Crippen molar-refractivity contribution in [3.05, 3.63) is 18.0 Å². The zero-order chi connectivity index (χ0) is 19.1. The molecule has 0 radical (unpaired) electrons. The van der Waals surface area contributed by atoms with Gasteiger partial charge in [-0.1, -0.05) is 0 Å². The minimum atomic E-state index is -1.07. The van der Waals surface area contributed by atoms with Gasteiger partial charge in [0.25, 0.3) is 0 Å². The third-order valence-corrected chi connectivity index (χ3v) is 5.37. The number of aromatic nitrogens is 2. The molecule has 0 spiro atoms. The van der Waals surface area contributed by atoms with E-state index in [0.717, 1.165) is 5.69 Å². The van der Waals surface area contributed by atoms with Crippen LogP contribution in [0.1, 0.15) is 12.1 Å². The van der Waals surface area contributed by atoms with Crippen LogP contribution in [0.5, 0.6) is 0 Å². The summed E-state index contributed by atoms with van der Waals surface area (Å²) in [5.74, 6) is -1.24. The molecule has 2 aliphatic rings. The van der Waals surface area contributed by atoms with Gasteiger partial charge in [-0.3, -0.25) is 14.3 Å². The number of urea groups is 1. The summed E-state index contributed by atoms with van der Waals surface area (Å²) < 4.78 is 1.72. The molecule has 3 heterocycles. The highest BCUT2D eigenvalue weighted by Gasteiger charge is 2.59. The van der Waals surface area contributed by atoms with Gasteiger partial charge in [0.2, 0.25) is 5.91 Å². The molecule has 3 rings (SSSR count). The monoisotopic (exact) mass is 363 g/mol. The Morgan fingerprint density at radius 1 is 1.27 bits per heavy atom. The second-order valence-corrected chi connectivity index (χ2v) is 7.46. The number of amides is 3. The van der Waals surface area contributed by atoms with Crippen molar-refractivity contribution in [1.82, 2.24) is 24.5 Å². The highest BCUT2D eigenvalue weighted by Crippen LogP contribution is 2.43. The number of hydrogen-bond donors (Lipinski definition) is 1. The standard InChI is InChI=1S/C17H25N5O4/c1-12-4-6-22(18-12)7-5-14(23)20-8-13-9-21(16(26)19(2)3)11-17(13,10-20)15(24)25/h4,6,13H,5,7-11H2,1-3H3,(H,24,25)/t13-,17-/m0/s1. The number of carboxylic acids is 1. The summed E-state index contributed by atoms with van der Waals surface area (Å²) in [6.45, 7) is 3.40. The van der Waals surface area contributed by atoms with E-state index in [-0.39, 0.29) is 37.4 Å². The molecule has 0 saturated carbocycles. The van der Waals surface area contributed by atoms with Crippen LogP contribution in [0.4, 0.5) is 4.79 Å². The van der Waals surface area contributed by atoms with Gasteiger partial charge in [-0.05, 0) is 13.0 Å². The van der Waals surface area contributed by atoms with E-state index in [0.29, 0.717) is 19.6 Å². The summed E-state index contributed by atoms with van der Waals surface area (Å²) in [7, 11) is 3.30. The maximum Gasteiger partial charge on any atom is 0.319 e. The zero-order valence-electron chi connectivity index (χ0n) is 15.4. The molecule has 1 aromatic rings. The van der Waals surface area contributed by atoms with Gasteiger partial charge in [-0.25, -0.2) is 4.79 Å². The van der Waals surface area contributed by atoms with Crippen molar-refractivity contribution in [2.24, 2.45) is 11.3 Å². The maximum atomic E-state index is 12.5. The average Bonchev–Trinajstić information content (AvgIpc) is 3.23. The normalized spacial score (nSPS) is 24.7. The number of likely N-dealkylation sites (tertiary alicyclic amines) is 2. The molecule has 142 valence electrons. The second-order valence-electron chi connectivity index (χ2n) is 7.46. The predicted octanol–water partition coefficient (Wildman–Crippen LogP) is 0.108. The quantitative estimate of drug-likeness (QED) is 0.818. The van der Waals surface area contributed by atoms with E-state index in [9.17, 15) is 19.5 Å². The van der Waals surface area contributed by atoms with Crippen molar-refractivity contribution in [3.63, 3.8) is 0 Å². The molecular formula is C17H25N5O4. The molecule has 9 nitrogen and oxygen atoms in total. The SMILES string of the molecule is Cc1ccn(CCC(=O)N2C[C@H]3CN(C(=O)N(C)C)C[C@@]3(C(=O)O)C2)n1. The number of aryl methyl sites for hydroxylation is 2. The fourth-order valence-corrected chi connectivity index (χ4v) is 3.94. The molecule has 26 heavy (non-hydrogen) atoms. The lowest BCUT2D eigenvalue weighted by Crippen LogP contribution is -2.45. The summed E-state index contributed by atoms with van der Waals surface area (Å²) in [4.78, 5) is 41.4. The van der Waals surface area contributed by atoms with Gasteiger partial charge in [0.05, 0.1) is 5.69 Å². The van der Waals surface area contributed by atoms with Crippen LogP contribution < -0.4 is 0 Å². The first-order valence-corrected chi connectivity index (χ1v) is 8.70. The first kappa shape index (κ1) is 18.2. The summed E-state index contributed by atoms with van der Waals surface area (Å²) in [5, 5.41) is 14.1. The number of fused-ring (bicyclic) bond motifs is 1. The Morgan fingerprint density at radius 3 is 2.46 bits per heavy atom. The molecule has 1 N–H and O–H groups in total. The number of aliphatic carboxylic acids is 1. The van der Waals surface area contributed by atoms with Gasteiger partial charge in [0.1, 0.15) is 5.41 Å². The molecule has 2 atom stereocenters. The van der Waals surface area contributed by atoms with Crippen LogP contribution in [-0.2, 0) is 16.1 Å². The minimum absolute atomic E-state index is 0.0707. The fourth-order valence-electron chi connectivity index (χ4n) is 3.94. The van der Waals surface area contributed by atoms with Crippen LogP contribution in [0.3, 0.4) is 0 Å². The molecular weight excluding hydrogens is 338 g/mol. The van der Waals surface area contributed by atoms with Crippen LogP contribution in [0, 0.1) is 18.3 Å². The molecule has 0 aromatic carbocycles. The molecule has 0 unspecified atom stereocenters. The van der Waals surface area contributed by atoms with Gasteiger partial charge in [0.15, 0.2) is 0 Å². The van der Waals surface area contributed by atoms with E-state index in [2.05, 4.69) is 5.10 Å². The Hall–Kier alpha value is -2.58. The molecule has 9 heteroatoms. The van der Waals surface area contributed by atoms with E-state index in [1.807, 2.05) is 19.2 Å². The lowest BCUT2D eigenvalue weighted by Gasteiger charge is -2.27. The summed E-state index contributed by atoms with van der Waals surface area (Å²) in [6, 6.07) is 1.69. The molecule has 1 aromatic heterocycles. The maximum absolute atomic E-state index is 12.5. The molecule has 2 aliphatic heterocycles. The average molecular weight is 363 g/mol. The largest absolute Gasteiger partial charge is 0.481 e. The Balaban J connectivity index is 1.65.